The van der Waals surface area contributed by atoms with Crippen LogP contribution >= 0.6 is 0 Å². The van der Waals surface area contributed by atoms with E-state index in [4.69, 9.17) is 18.8 Å². The maximum atomic E-state index is 9.22. The summed E-state index contributed by atoms with van der Waals surface area (Å²) in [6.45, 7) is 18.9. The summed E-state index contributed by atoms with van der Waals surface area (Å²) >= 11 is 0. The molecule has 11 heteroatoms. The van der Waals surface area contributed by atoms with Crippen LogP contribution in [0.1, 0.15) is 78.6 Å². The first-order valence-electron chi connectivity index (χ1n) is 16.8. The summed E-state index contributed by atoms with van der Waals surface area (Å²) in [6, 6.07) is 22.0. The average Bonchev–Trinajstić information content (AvgIpc) is 3.65. The van der Waals surface area contributed by atoms with Gasteiger partial charge in [-0.1, -0.05) is 107 Å². The minimum absolute atomic E-state index is 0.0129. The Morgan fingerprint density at radius 2 is 1.57 bits per heavy atom. The molecule has 3 atom stereocenters. The second-order valence-electron chi connectivity index (χ2n) is 15.7. The van der Waals surface area contributed by atoms with Crippen LogP contribution in [-0.4, -0.2) is 64.7 Å². The Kier molecular flexibility index (Phi) is 11.6. The molecule has 1 aliphatic carbocycles. The van der Waals surface area contributed by atoms with Crippen molar-refractivity contribution in [3.63, 3.8) is 0 Å². The first-order chi connectivity index (χ1) is 22.1. The molecule has 4 rings (SSSR count). The average molecular weight is 674 g/mol. The third-order valence-corrected chi connectivity index (χ3v) is 19.4. The molecule has 9 nitrogen and oxygen atoms in total. The zero-order valence-electron chi connectivity index (χ0n) is 30.1. The van der Waals surface area contributed by atoms with Crippen LogP contribution < -0.4 is 10.4 Å². The number of hydrogen-bond acceptors (Lipinski definition) is 5. The highest BCUT2D eigenvalue weighted by Crippen LogP contribution is 2.44. The molecule has 47 heavy (non-hydrogen) atoms. The van der Waals surface area contributed by atoms with Gasteiger partial charge >= 0.3 is 0 Å². The third-order valence-electron chi connectivity index (χ3n) is 9.92. The molecule has 2 aromatic carbocycles. The number of hydrogen-bond donors (Lipinski definition) is 0. The smallest absolute Gasteiger partial charge is 0.261 e. The van der Waals surface area contributed by atoms with Crippen molar-refractivity contribution in [1.29, 1.82) is 0 Å². The number of imidazole rings is 1. The van der Waals surface area contributed by atoms with E-state index in [2.05, 4.69) is 130 Å². The van der Waals surface area contributed by atoms with Crippen molar-refractivity contribution in [3.05, 3.63) is 83.1 Å². The van der Waals surface area contributed by atoms with Gasteiger partial charge in [0.2, 0.25) is 0 Å². The van der Waals surface area contributed by atoms with Gasteiger partial charge < -0.3 is 18.3 Å². The molecular weight excluding hydrogens is 619 g/mol. The Hall–Kier alpha value is -3.22. The van der Waals surface area contributed by atoms with Crippen LogP contribution in [0, 0.1) is 5.92 Å². The zero-order chi connectivity index (χ0) is 34.5. The molecule has 1 fully saturated rings. The lowest BCUT2D eigenvalue weighted by molar-refractivity contribution is 0.188. The van der Waals surface area contributed by atoms with Crippen molar-refractivity contribution in [2.45, 2.75) is 96.1 Å². The third kappa shape index (κ3) is 8.27. The summed E-state index contributed by atoms with van der Waals surface area (Å²) in [5, 5.41) is 6.48. The van der Waals surface area contributed by atoms with Crippen molar-refractivity contribution >= 4 is 39.2 Å². The Balaban J connectivity index is 1.64. The fourth-order valence-corrected chi connectivity index (χ4v) is 12.3. The van der Waals surface area contributed by atoms with Crippen molar-refractivity contribution in [2.24, 2.45) is 16.0 Å². The second-order valence-corrected chi connectivity index (χ2v) is 24.7. The monoisotopic (exact) mass is 673 g/mol. The van der Waals surface area contributed by atoms with Crippen LogP contribution in [0.2, 0.25) is 23.2 Å². The summed E-state index contributed by atoms with van der Waals surface area (Å²) in [7, 11) is -0.907. The molecule has 0 radical (unpaired) electrons. The van der Waals surface area contributed by atoms with E-state index in [1.54, 1.807) is 0 Å². The Bertz CT molecular complexity index is 1480. The van der Waals surface area contributed by atoms with Gasteiger partial charge in [-0.15, -0.1) is 0 Å². The number of nitrogens with zero attached hydrogens (tertiary/aromatic N) is 7. The van der Waals surface area contributed by atoms with E-state index in [0.717, 1.165) is 30.8 Å². The lowest BCUT2D eigenvalue weighted by atomic mass is 10.1. The van der Waals surface area contributed by atoms with E-state index >= 15 is 0 Å². The molecule has 1 aliphatic rings. The van der Waals surface area contributed by atoms with Gasteiger partial charge in [0, 0.05) is 31.7 Å². The molecule has 1 heterocycles. The first-order valence-corrected chi connectivity index (χ1v) is 21.6. The Labute approximate surface area is 284 Å². The zero-order valence-corrected chi connectivity index (χ0v) is 32.1. The SMILES string of the molecule is CN(C)/C=N/c1c([C@@H](CN=[N+]=[N-])O[Si](C)(C)C(C)(C)C)ncn1[C@H]1CC[C@@H](CO[Si](c2ccccc2)(c2ccccc2)C(C)(C)C)C1. The number of benzene rings is 2. The molecule has 0 saturated heterocycles. The molecule has 3 aromatic rings. The highest BCUT2D eigenvalue weighted by atomic mass is 28.4. The van der Waals surface area contributed by atoms with Gasteiger partial charge in [0.15, 0.2) is 14.1 Å². The van der Waals surface area contributed by atoms with E-state index in [0.29, 0.717) is 12.5 Å². The summed E-state index contributed by atoms with van der Waals surface area (Å²) in [5.41, 5.74) is 9.95. The van der Waals surface area contributed by atoms with Gasteiger partial charge in [-0.2, -0.15) is 0 Å². The van der Waals surface area contributed by atoms with Crippen LogP contribution in [0.25, 0.3) is 10.4 Å². The van der Waals surface area contributed by atoms with Crippen molar-refractivity contribution < 1.29 is 8.85 Å². The molecule has 0 bridgehead atoms. The summed E-state index contributed by atoms with van der Waals surface area (Å²) in [4.78, 5) is 14.8. The molecular formula is C36H55N7O2Si2. The fourth-order valence-electron chi connectivity index (χ4n) is 6.45. The van der Waals surface area contributed by atoms with E-state index < -0.39 is 22.7 Å². The Morgan fingerprint density at radius 1 is 0.979 bits per heavy atom. The molecule has 1 aromatic heterocycles. The van der Waals surface area contributed by atoms with Crippen LogP contribution in [0.15, 0.2) is 77.1 Å². The predicted octanol–water partition coefficient (Wildman–Crippen LogP) is 8.40. The quantitative estimate of drug-likeness (QED) is 0.0454. The largest absolute Gasteiger partial charge is 0.408 e. The molecule has 0 spiro atoms. The summed E-state index contributed by atoms with van der Waals surface area (Å²) in [6.07, 6.45) is 6.30. The van der Waals surface area contributed by atoms with Crippen molar-refractivity contribution in [1.82, 2.24) is 14.5 Å². The van der Waals surface area contributed by atoms with E-state index in [1.807, 2.05) is 31.7 Å². The van der Waals surface area contributed by atoms with Crippen LogP contribution in [0.5, 0.6) is 0 Å². The highest BCUT2D eigenvalue weighted by Gasteiger charge is 2.50. The minimum atomic E-state index is -2.62. The molecule has 0 aliphatic heterocycles. The second kappa shape index (κ2) is 14.9. The molecule has 254 valence electrons. The minimum Gasteiger partial charge on any atom is -0.408 e. The highest BCUT2D eigenvalue weighted by molar-refractivity contribution is 6.99. The summed E-state index contributed by atoms with van der Waals surface area (Å²) < 4.78 is 16.4. The number of azide groups is 1. The topological polar surface area (TPSA) is 101 Å². The summed E-state index contributed by atoms with van der Waals surface area (Å²) in [5.74, 6) is 1.18. The van der Waals surface area contributed by atoms with Crippen molar-refractivity contribution in [3.8, 4) is 0 Å². The van der Waals surface area contributed by atoms with Gasteiger partial charge in [-0.25, -0.2) is 9.98 Å². The fraction of sp³-hybridized carbons (Fsp3) is 0.556. The number of aliphatic imine (C=N–C) groups is 1. The van der Waals surface area contributed by atoms with Crippen LogP contribution in [0.3, 0.4) is 0 Å². The molecule has 0 amide bonds. The van der Waals surface area contributed by atoms with Crippen molar-refractivity contribution in [2.75, 3.05) is 27.2 Å². The number of aromatic nitrogens is 2. The van der Waals surface area contributed by atoms with Gasteiger partial charge in [0.1, 0.15) is 5.69 Å². The molecule has 1 saturated carbocycles. The predicted molar refractivity (Wildman–Crippen MR) is 199 cm³/mol. The Morgan fingerprint density at radius 3 is 2.09 bits per heavy atom. The lowest BCUT2D eigenvalue weighted by Crippen LogP contribution is -2.66. The van der Waals surface area contributed by atoms with E-state index in [9.17, 15) is 5.53 Å². The van der Waals surface area contributed by atoms with Crippen LogP contribution in [0.4, 0.5) is 5.82 Å². The maximum Gasteiger partial charge on any atom is 0.261 e. The molecule has 0 unspecified atom stereocenters. The van der Waals surface area contributed by atoms with E-state index in [1.165, 1.54) is 10.4 Å². The van der Waals surface area contributed by atoms with Gasteiger partial charge in [0.25, 0.3) is 8.32 Å². The molecule has 0 N–H and O–H groups in total. The van der Waals surface area contributed by atoms with Crippen LogP contribution in [-0.2, 0) is 8.85 Å². The standard InChI is InChI=1S/C36H55N7O2Si2/c1-35(2,3)46(9,10)45-32(24-40-41-37)33-34(39-26-42(7)8)43(27-38-33)29-22-21-28(23-29)25-44-47(36(4,5)6,30-17-13-11-14-18-30)31-19-15-12-16-20-31/h11-20,26-29,32H,21-25H2,1-10H3/b39-26+/t28-,29+,32-/m1/s1. The first kappa shape index (κ1) is 36.6. The number of rotatable bonds is 13. The van der Waals surface area contributed by atoms with Gasteiger partial charge in [0.05, 0.1) is 25.3 Å². The van der Waals surface area contributed by atoms with E-state index in [-0.39, 0.29) is 22.7 Å². The van der Waals surface area contributed by atoms with Gasteiger partial charge in [-0.05, 0) is 64.3 Å². The lowest BCUT2D eigenvalue weighted by Gasteiger charge is -2.43. The van der Waals surface area contributed by atoms with Gasteiger partial charge in [-0.3, -0.25) is 0 Å². The maximum absolute atomic E-state index is 9.22. The normalized spacial score (nSPS) is 18.3.